The minimum atomic E-state index is -0.257. The third-order valence-electron chi connectivity index (χ3n) is 3.50. The maximum absolute atomic E-state index is 12.7. The number of hydrogen-bond donors (Lipinski definition) is 0. The maximum Gasteiger partial charge on any atom is 0.247 e. The van der Waals surface area contributed by atoms with E-state index in [4.69, 9.17) is 4.52 Å². The van der Waals surface area contributed by atoms with Crippen LogP contribution in [-0.4, -0.2) is 30.1 Å². The molecule has 6 nitrogen and oxygen atoms in total. The van der Waals surface area contributed by atoms with Crippen LogP contribution in [-0.2, 0) is 9.59 Å². The molecule has 0 bridgehead atoms. The van der Waals surface area contributed by atoms with Crippen LogP contribution in [0.15, 0.2) is 34.9 Å². The second-order valence-electron chi connectivity index (χ2n) is 5.38. The molecule has 0 saturated heterocycles. The molecule has 0 aliphatic rings. The molecule has 1 aromatic heterocycles. The molecule has 23 heavy (non-hydrogen) atoms. The van der Waals surface area contributed by atoms with Gasteiger partial charge in [-0.15, -0.1) is 0 Å². The van der Waals surface area contributed by atoms with Crippen LogP contribution in [0.3, 0.4) is 0 Å². The SMILES string of the molecule is CCN(C(=O)CN(C(C)=O)c1cc(C)on1)c1cccc(C)c1. The molecule has 0 fully saturated rings. The summed E-state index contributed by atoms with van der Waals surface area (Å²) in [5.41, 5.74) is 1.89. The lowest BCUT2D eigenvalue weighted by molar-refractivity contribution is -0.121. The molecule has 1 aromatic carbocycles. The average molecular weight is 315 g/mol. The van der Waals surface area contributed by atoms with E-state index in [1.165, 1.54) is 11.8 Å². The lowest BCUT2D eigenvalue weighted by atomic mass is 10.2. The number of nitrogens with zero attached hydrogens (tertiary/aromatic N) is 3. The van der Waals surface area contributed by atoms with Crippen LogP contribution < -0.4 is 9.80 Å². The first kappa shape index (κ1) is 16.7. The second kappa shape index (κ2) is 7.09. The van der Waals surface area contributed by atoms with Crippen molar-refractivity contribution in [1.29, 1.82) is 0 Å². The molecule has 0 spiro atoms. The summed E-state index contributed by atoms with van der Waals surface area (Å²) < 4.78 is 5.00. The van der Waals surface area contributed by atoms with E-state index in [2.05, 4.69) is 5.16 Å². The van der Waals surface area contributed by atoms with E-state index in [1.807, 2.05) is 38.1 Å². The zero-order chi connectivity index (χ0) is 17.0. The highest BCUT2D eigenvalue weighted by molar-refractivity contribution is 6.02. The van der Waals surface area contributed by atoms with Crippen molar-refractivity contribution < 1.29 is 14.1 Å². The van der Waals surface area contributed by atoms with Gasteiger partial charge in [0.1, 0.15) is 12.3 Å². The van der Waals surface area contributed by atoms with Crippen LogP contribution >= 0.6 is 0 Å². The van der Waals surface area contributed by atoms with E-state index in [0.29, 0.717) is 18.1 Å². The minimum Gasteiger partial charge on any atom is -0.360 e. The first-order chi connectivity index (χ1) is 10.9. The molecule has 0 saturated carbocycles. The van der Waals surface area contributed by atoms with Crippen molar-refractivity contribution in [3.05, 3.63) is 41.7 Å². The van der Waals surface area contributed by atoms with Crippen molar-refractivity contribution in [2.24, 2.45) is 0 Å². The van der Waals surface area contributed by atoms with E-state index in [-0.39, 0.29) is 18.4 Å². The summed E-state index contributed by atoms with van der Waals surface area (Å²) in [5.74, 6) is 0.509. The largest absolute Gasteiger partial charge is 0.360 e. The van der Waals surface area contributed by atoms with Crippen molar-refractivity contribution in [3.8, 4) is 0 Å². The van der Waals surface area contributed by atoms with E-state index in [1.54, 1.807) is 17.9 Å². The van der Waals surface area contributed by atoms with Crippen LogP contribution in [0.5, 0.6) is 0 Å². The molecule has 0 N–H and O–H groups in total. The molecule has 0 atom stereocenters. The number of amides is 2. The first-order valence-corrected chi connectivity index (χ1v) is 7.50. The molecule has 2 rings (SSSR count). The van der Waals surface area contributed by atoms with Gasteiger partial charge in [0, 0.05) is 25.2 Å². The fourth-order valence-corrected chi connectivity index (χ4v) is 2.35. The Bertz CT molecular complexity index is 709. The Balaban J connectivity index is 2.21. The van der Waals surface area contributed by atoms with Crippen molar-refractivity contribution in [1.82, 2.24) is 5.16 Å². The first-order valence-electron chi connectivity index (χ1n) is 7.50. The third kappa shape index (κ3) is 3.97. The maximum atomic E-state index is 12.7. The smallest absolute Gasteiger partial charge is 0.247 e. The summed E-state index contributed by atoms with van der Waals surface area (Å²) in [6.45, 7) is 7.46. The molecular weight excluding hydrogens is 294 g/mol. The van der Waals surface area contributed by atoms with Gasteiger partial charge >= 0.3 is 0 Å². The minimum absolute atomic E-state index is 0.0803. The predicted molar refractivity (Wildman–Crippen MR) is 88.5 cm³/mol. The summed E-state index contributed by atoms with van der Waals surface area (Å²) >= 11 is 0. The van der Waals surface area contributed by atoms with Gasteiger partial charge in [0.05, 0.1) is 0 Å². The Morgan fingerprint density at radius 3 is 2.43 bits per heavy atom. The van der Waals surface area contributed by atoms with Crippen molar-refractivity contribution in [3.63, 3.8) is 0 Å². The lowest BCUT2D eigenvalue weighted by Gasteiger charge is -2.25. The molecule has 6 heteroatoms. The van der Waals surface area contributed by atoms with Gasteiger partial charge in [0.25, 0.3) is 0 Å². The number of hydrogen-bond acceptors (Lipinski definition) is 4. The highest BCUT2D eigenvalue weighted by Crippen LogP contribution is 2.18. The Morgan fingerprint density at radius 2 is 1.91 bits per heavy atom. The van der Waals surface area contributed by atoms with E-state index < -0.39 is 0 Å². The Hall–Kier alpha value is -2.63. The topological polar surface area (TPSA) is 66.7 Å². The van der Waals surface area contributed by atoms with Crippen molar-refractivity contribution >= 4 is 23.3 Å². The summed E-state index contributed by atoms with van der Waals surface area (Å²) in [6, 6.07) is 9.34. The fourth-order valence-electron chi connectivity index (χ4n) is 2.35. The van der Waals surface area contributed by atoms with Gasteiger partial charge in [-0.2, -0.15) is 0 Å². The quantitative estimate of drug-likeness (QED) is 0.851. The summed E-state index contributed by atoms with van der Waals surface area (Å²) in [5, 5.41) is 3.82. The van der Waals surface area contributed by atoms with Gasteiger partial charge in [-0.1, -0.05) is 17.3 Å². The van der Waals surface area contributed by atoms with Crippen LogP contribution in [0, 0.1) is 13.8 Å². The molecule has 0 radical (unpaired) electrons. The van der Waals surface area contributed by atoms with E-state index >= 15 is 0 Å². The van der Waals surface area contributed by atoms with Crippen LogP contribution in [0.4, 0.5) is 11.5 Å². The zero-order valence-electron chi connectivity index (χ0n) is 13.9. The molecule has 0 aliphatic carbocycles. The standard InChI is InChI=1S/C17H21N3O3/c1-5-19(15-8-6-7-12(2)9-15)17(22)11-20(14(4)21)16-10-13(3)23-18-16/h6-10H,5,11H2,1-4H3. The number of likely N-dealkylation sites (N-methyl/N-ethyl adjacent to an activating group) is 1. The fraction of sp³-hybridized carbons (Fsp3) is 0.353. The van der Waals surface area contributed by atoms with Crippen molar-refractivity contribution in [2.75, 3.05) is 22.9 Å². The molecule has 0 unspecified atom stereocenters. The molecule has 0 aliphatic heterocycles. The monoisotopic (exact) mass is 315 g/mol. The highest BCUT2D eigenvalue weighted by Gasteiger charge is 2.22. The van der Waals surface area contributed by atoms with Gasteiger partial charge in [0.15, 0.2) is 5.82 Å². The molecule has 122 valence electrons. The van der Waals surface area contributed by atoms with E-state index in [0.717, 1.165) is 11.3 Å². The Labute approximate surface area is 135 Å². The Kier molecular flexibility index (Phi) is 5.16. The predicted octanol–water partition coefficient (Wildman–Crippen LogP) is 2.70. The second-order valence-corrected chi connectivity index (χ2v) is 5.38. The number of anilines is 2. The highest BCUT2D eigenvalue weighted by atomic mass is 16.5. The average Bonchev–Trinajstić information content (AvgIpc) is 2.91. The third-order valence-corrected chi connectivity index (χ3v) is 3.50. The number of aromatic nitrogens is 1. The summed E-state index contributed by atoms with van der Waals surface area (Å²) in [6.07, 6.45) is 0. The number of carbonyl (C=O) groups is 2. The van der Waals surface area contributed by atoms with Crippen molar-refractivity contribution in [2.45, 2.75) is 27.7 Å². The Morgan fingerprint density at radius 1 is 1.17 bits per heavy atom. The van der Waals surface area contributed by atoms with E-state index in [9.17, 15) is 9.59 Å². The lowest BCUT2D eigenvalue weighted by Crippen LogP contribution is -2.42. The number of carbonyl (C=O) groups excluding carboxylic acids is 2. The van der Waals surface area contributed by atoms with Gasteiger partial charge in [-0.3, -0.25) is 14.5 Å². The van der Waals surface area contributed by atoms with Crippen LogP contribution in [0.25, 0.3) is 0 Å². The van der Waals surface area contributed by atoms with Crippen LogP contribution in [0.1, 0.15) is 25.2 Å². The number of benzene rings is 1. The number of aryl methyl sites for hydroxylation is 2. The van der Waals surface area contributed by atoms with Gasteiger partial charge in [-0.25, -0.2) is 0 Å². The molecular formula is C17H21N3O3. The zero-order valence-corrected chi connectivity index (χ0v) is 13.9. The molecule has 1 heterocycles. The molecule has 2 amide bonds. The molecule has 2 aromatic rings. The summed E-state index contributed by atoms with van der Waals surface area (Å²) in [7, 11) is 0. The van der Waals surface area contributed by atoms with Crippen LogP contribution in [0.2, 0.25) is 0 Å². The number of rotatable bonds is 5. The van der Waals surface area contributed by atoms with Gasteiger partial charge in [-0.05, 0) is 38.5 Å². The summed E-state index contributed by atoms with van der Waals surface area (Å²) in [4.78, 5) is 27.5. The normalized spacial score (nSPS) is 10.4. The van der Waals surface area contributed by atoms with Gasteiger partial charge in [0.2, 0.25) is 11.8 Å². The van der Waals surface area contributed by atoms with Gasteiger partial charge < -0.3 is 9.42 Å².